The Morgan fingerprint density at radius 1 is 1.39 bits per heavy atom. The largest absolute Gasteiger partial charge is 0.375 e. The van der Waals surface area contributed by atoms with Crippen molar-refractivity contribution in [2.45, 2.75) is 44.9 Å². The van der Waals surface area contributed by atoms with Crippen LogP contribution in [0, 0.1) is 0 Å². The first-order valence-corrected chi connectivity index (χ1v) is 7.72. The number of likely N-dealkylation sites (N-methyl/N-ethyl adjacent to an activating group) is 1. The maximum atomic E-state index is 5.93. The third kappa shape index (κ3) is 3.54. The van der Waals surface area contributed by atoms with Crippen molar-refractivity contribution in [2.24, 2.45) is 0 Å². The average Bonchev–Trinajstić information content (AvgIpc) is 2.87. The lowest BCUT2D eigenvalue weighted by molar-refractivity contribution is -0.144. The fraction of sp³-hybridized carbons (Fsp3) is 0.714. The van der Waals surface area contributed by atoms with Crippen LogP contribution in [-0.2, 0) is 15.9 Å². The second-order valence-electron chi connectivity index (χ2n) is 4.56. The molecule has 1 aliphatic carbocycles. The summed E-state index contributed by atoms with van der Waals surface area (Å²) in [6.45, 7) is 6.74. The minimum absolute atomic E-state index is 0.235. The Bertz CT molecular complexity index is 329. The molecule has 18 heavy (non-hydrogen) atoms. The molecule has 1 N–H and O–H groups in total. The van der Waals surface area contributed by atoms with Crippen LogP contribution >= 0.6 is 11.3 Å². The number of ether oxygens (including phenoxy) is 2. The molecule has 1 aromatic heterocycles. The van der Waals surface area contributed by atoms with Gasteiger partial charge in [0, 0.05) is 23.9 Å². The van der Waals surface area contributed by atoms with E-state index in [1.807, 2.05) is 6.92 Å². The molecule has 4 heteroatoms. The molecule has 102 valence electrons. The number of rotatable bonds is 8. The minimum atomic E-state index is 0.235. The Hall–Kier alpha value is -0.420. The summed E-state index contributed by atoms with van der Waals surface area (Å²) in [6.07, 6.45) is 2.59. The van der Waals surface area contributed by atoms with Crippen molar-refractivity contribution >= 4 is 11.3 Å². The summed E-state index contributed by atoms with van der Waals surface area (Å²) in [4.78, 5) is 1.39. The molecule has 1 aliphatic rings. The lowest BCUT2D eigenvalue weighted by atomic mass is 9.85. The molecular weight excluding hydrogens is 246 g/mol. The molecule has 2 rings (SSSR count). The highest BCUT2D eigenvalue weighted by Gasteiger charge is 2.41. The smallest absolute Gasteiger partial charge is 0.0990 e. The zero-order chi connectivity index (χ0) is 12.8. The molecule has 0 aliphatic heterocycles. The average molecular weight is 269 g/mol. The fourth-order valence-corrected chi connectivity index (χ4v) is 3.08. The normalized spacial score (nSPS) is 27.1. The molecule has 0 amide bonds. The highest BCUT2D eigenvalue weighted by molar-refractivity contribution is 7.09. The molecular formula is C14H23NO2S. The van der Waals surface area contributed by atoms with E-state index in [1.54, 1.807) is 11.3 Å². The van der Waals surface area contributed by atoms with Crippen LogP contribution < -0.4 is 5.32 Å². The maximum absolute atomic E-state index is 5.93. The zero-order valence-corrected chi connectivity index (χ0v) is 12.0. The summed E-state index contributed by atoms with van der Waals surface area (Å²) < 4.78 is 11.7. The van der Waals surface area contributed by atoms with Crippen molar-refractivity contribution in [1.82, 2.24) is 5.32 Å². The van der Waals surface area contributed by atoms with Gasteiger partial charge in [-0.3, -0.25) is 0 Å². The zero-order valence-electron chi connectivity index (χ0n) is 11.2. The van der Waals surface area contributed by atoms with Crippen LogP contribution in [0.4, 0.5) is 0 Å². The third-order valence-electron chi connectivity index (χ3n) is 3.34. The van der Waals surface area contributed by atoms with Crippen molar-refractivity contribution in [2.75, 3.05) is 19.8 Å². The van der Waals surface area contributed by atoms with E-state index < -0.39 is 0 Å². The summed E-state index contributed by atoms with van der Waals surface area (Å²) in [7, 11) is 0. The Balaban J connectivity index is 1.69. The second-order valence-corrected chi connectivity index (χ2v) is 5.59. The molecule has 0 aromatic carbocycles. The quantitative estimate of drug-likeness (QED) is 0.786. The van der Waals surface area contributed by atoms with E-state index in [0.29, 0.717) is 6.04 Å². The molecule has 1 heterocycles. The van der Waals surface area contributed by atoms with Gasteiger partial charge >= 0.3 is 0 Å². The van der Waals surface area contributed by atoms with Crippen LogP contribution in [0.3, 0.4) is 0 Å². The predicted octanol–water partition coefficient (Wildman–Crippen LogP) is 2.46. The van der Waals surface area contributed by atoms with Gasteiger partial charge in [0.2, 0.25) is 0 Å². The van der Waals surface area contributed by atoms with Crippen molar-refractivity contribution < 1.29 is 9.47 Å². The first-order valence-electron chi connectivity index (χ1n) is 6.84. The van der Waals surface area contributed by atoms with Crippen LogP contribution in [0.25, 0.3) is 0 Å². The fourth-order valence-electron chi connectivity index (χ4n) is 2.39. The summed E-state index contributed by atoms with van der Waals surface area (Å²) in [5, 5.41) is 5.56. The summed E-state index contributed by atoms with van der Waals surface area (Å²) >= 11 is 1.80. The highest BCUT2D eigenvalue weighted by Crippen LogP contribution is 2.27. The van der Waals surface area contributed by atoms with Crippen LogP contribution in [0.2, 0.25) is 0 Å². The van der Waals surface area contributed by atoms with Gasteiger partial charge in [-0.15, -0.1) is 11.3 Å². The number of thiophene rings is 1. The van der Waals surface area contributed by atoms with E-state index in [-0.39, 0.29) is 12.2 Å². The van der Waals surface area contributed by atoms with Gasteiger partial charge in [0.05, 0.1) is 18.8 Å². The van der Waals surface area contributed by atoms with Gasteiger partial charge in [-0.25, -0.2) is 0 Å². The SMILES string of the molecule is CCNC1CC(OCCc2cccs2)C1OCC. The van der Waals surface area contributed by atoms with Crippen LogP contribution in [0.5, 0.6) is 0 Å². The summed E-state index contributed by atoms with van der Waals surface area (Å²) in [5.41, 5.74) is 0. The summed E-state index contributed by atoms with van der Waals surface area (Å²) in [5.74, 6) is 0. The third-order valence-corrected chi connectivity index (χ3v) is 4.27. The van der Waals surface area contributed by atoms with Gasteiger partial charge in [-0.05, 0) is 31.3 Å². The van der Waals surface area contributed by atoms with E-state index >= 15 is 0 Å². The molecule has 1 saturated carbocycles. The molecule has 0 radical (unpaired) electrons. The van der Waals surface area contributed by atoms with E-state index in [4.69, 9.17) is 9.47 Å². The Morgan fingerprint density at radius 3 is 2.94 bits per heavy atom. The van der Waals surface area contributed by atoms with E-state index in [0.717, 1.165) is 32.6 Å². The molecule has 3 atom stereocenters. The molecule has 3 unspecified atom stereocenters. The van der Waals surface area contributed by atoms with Crippen molar-refractivity contribution in [3.05, 3.63) is 22.4 Å². The van der Waals surface area contributed by atoms with Crippen molar-refractivity contribution in [3.63, 3.8) is 0 Å². The molecule has 0 spiro atoms. The molecule has 3 nitrogen and oxygen atoms in total. The minimum Gasteiger partial charge on any atom is -0.375 e. The summed E-state index contributed by atoms with van der Waals surface area (Å²) in [6, 6.07) is 4.73. The first-order chi connectivity index (χ1) is 8.85. The standard InChI is InChI=1S/C14H23NO2S/c1-3-15-12-10-13(14(12)16-4-2)17-8-7-11-6-5-9-18-11/h5-6,9,12-15H,3-4,7-8,10H2,1-2H3. The van der Waals surface area contributed by atoms with Gasteiger partial charge in [0.15, 0.2) is 0 Å². The van der Waals surface area contributed by atoms with Crippen molar-refractivity contribution in [3.8, 4) is 0 Å². The van der Waals surface area contributed by atoms with Crippen LogP contribution in [-0.4, -0.2) is 38.0 Å². The maximum Gasteiger partial charge on any atom is 0.0990 e. The van der Waals surface area contributed by atoms with Crippen LogP contribution in [0.15, 0.2) is 17.5 Å². The van der Waals surface area contributed by atoms with Gasteiger partial charge < -0.3 is 14.8 Å². The molecule has 1 aromatic rings. The second kappa shape index (κ2) is 7.24. The van der Waals surface area contributed by atoms with Gasteiger partial charge in [-0.2, -0.15) is 0 Å². The van der Waals surface area contributed by atoms with Crippen molar-refractivity contribution in [1.29, 1.82) is 0 Å². The van der Waals surface area contributed by atoms with E-state index in [2.05, 4.69) is 29.8 Å². The van der Waals surface area contributed by atoms with Gasteiger partial charge in [0.25, 0.3) is 0 Å². The lowest BCUT2D eigenvalue weighted by Gasteiger charge is -2.44. The van der Waals surface area contributed by atoms with E-state index in [1.165, 1.54) is 4.88 Å². The number of nitrogens with one attached hydrogen (secondary N) is 1. The monoisotopic (exact) mass is 269 g/mol. The number of hydrogen-bond donors (Lipinski definition) is 1. The first kappa shape index (κ1) is 14.0. The predicted molar refractivity (Wildman–Crippen MR) is 75.3 cm³/mol. The topological polar surface area (TPSA) is 30.5 Å². The molecule has 1 fully saturated rings. The number of hydrogen-bond acceptors (Lipinski definition) is 4. The Morgan fingerprint density at radius 2 is 2.28 bits per heavy atom. The highest BCUT2D eigenvalue weighted by atomic mass is 32.1. The Labute approximate surface area is 113 Å². The lowest BCUT2D eigenvalue weighted by Crippen LogP contribution is -2.60. The van der Waals surface area contributed by atoms with Crippen LogP contribution in [0.1, 0.15) is 25.1 Å². The van der Waals surface area contributed by atoms with Gasteiger partial charge in [-0.1, -0.05) is 13.0 Å². The molecule has 0 bridgehead atoms. The van der Waals surface area contributed by atoms with Gasteiger partial charge in [0.1, 0.15) is 0 Å². The molecule has 0 saturated heterocycles. The van der Waals surface area contributed by atoms with E-state index in [9.17, 15) is 0 Å². The Kier molecular flexibility index (Phi) is 5.63.